The van der Waals surface area contributed by atoms with Crippen LogP contribution in [0, 0.1) is 20.2 Å². The highest BCUT2D eigenvalue weighted by Crippen LogP contribution is 2.39. The van der Waals surface area contributed by atoms with Gasteiger partial charge in [0.2, 0.25) is 5.75 Å². The third kappa shape index (κ3) is 5.52. The third-order valence-electron chi connectivity index (χ3n) is 5.33. The predicted octanol–water partition coefficient (Wildman–Crippen LogP) is 5.22. The number of methoxy groups -OCH3 is 1. The summed E-state index contributed by atoms with van der Waals surface area (Å²) in [5, 5.41) is 21.8. The Kier molecular flexibility index (Phi) is 7.48. The lowest BCUT2D eigenvalue weighted by Crippen LogP contribution is -2.33. The quantitative estimate of drug-likeness (QED) is 0.154. The standard InChI is InChI=1S/C25H17N3O9S/c1-36-22-11-15(7-9-21(22)37-20-10-8-17(27(32)33)13-18(20)28(34)35)12-23-24(30)26(25(31)38-23)14-19(29)16-5-3-2-4-6-16/h2-13H,14H2,1H3/b23-12+. The second-order valence-electron chi connectivity index (χ2n) is 7.74. The lowest BCUT2D eigenvalue weighted by Gasteiger charge is -2.12. The minimum absolute atomic E-state index is 0.0724. The molecule has 0 aromatic heterocycles. The van der Waals surface area contributed by atoms with Gasteiger partial charge in [-0.15, -0.1) is 0 Å². The molecule has 1 fully saturated rings. The zero-order valence-electron chi connectivity index (χ0n) is 19.6. The molecular weight excluding hydrogens is 518 g/mol. The number of ketones is 1. The summed E-state index contributed by atoms with van der Waals surface area (Å²) in [6, 6.07) is 15.7. The van der Waals surface area contributed by atoms with Crippen molar-refractivity contribution in [1.82, 2.24) is 4.90 Å². The lowest BCUT2D eigenvalue weighted by atomic mass is 10.1. The van der Waals surface area contributed by atoms with E-state index in [0.29, 0.717) is 22.9 Å². The number of carbonyl (C=O) groups excluding carboxylic acids is 3. The van der Waals surface area contributed by atoms with Crippen LogP contribution in [-0.2, 0) is 4.79 Å². The number of Topliss-reactive ketones (excluding diaryl/α,β-unsaturated/α-hetero) is 1. The van der Waals surface area contributed by atoms with Crippen LogP contribution in [0.4, 0.5) is 16.2 Å². The van der Waals surface area contributed by atoms with Gasteiger partial charge in [-0.2, -0.15) is 0 Å². The van der Waals surface area contributed by atoms with Crippen LogP contribution in [0.25, 0.3) is 6.08 Å². The van der Waals surface area contributed by atoms with Gasteiger partial charge < -0.3 is 9.47 Å². The van der Waals surface area contributed by atoms with E-state index in [9.17, 15) is 34.6 Å². The van der Waals surface area contributed by atoms with Gasteiger partial charge in [0.1, 0.15) is 0 Å². The topological polar surface area (TPSA) is 159 Å². The number of nitro groups is 2. The molecular formula is C25H17N3O9S. The second-order valence-corrected chi connectivity index (χ2v) is 8.73. The number of carbonyl (C=O) groups is 3. The SMILES string of the molecule is COc1cc(/C=C2/SC(=O)N(CC(=O)c3ccccc3)C2=O)ccc1Oc1ccc([N+](=O)[O-])cc1[N+](=O)[O-]. The molecule has 0 aliphatic carbocycles. The molecule has 0 bridgehead atoms. The highest BCUT2D eigenvalue weighted by molar-refractivity contribution is 8.18. The number of amides is 2. The molecule has 13 heteroatoms. The smallest absolute Gasteiger partial charge is 0.318 e. The Morgan fingerprint density at radius 3 is 2.32 bits per heavy atom. The molecule has 0 radical (unpaired) electrons. The van der Waals surface area contributed by atoms with E-state index in [4.69, 9.17) is 9.47 Å². The summed E-state index contributed by atoms with van der Waals surface area (Å²) in [6.07, 6.45) is 1.44. The lowest BCUT2D eigenvalue weighted by molar-refractivity contribution is -0.394. The zero-order chi connectivity index (χ0) is 27.4. The van der Waals surface area contributed by atoms with E-state index in [1.54, 1.807) is 30.3 Å². The Bertz CT molecular complexity index is 1510. The maximum Gasteiger partial charge on any atom is 0.318 e. The van der Waals surface area contributed by atoms with Gasteiger partial charge in [-0.1, -0.05) is 36.4 Å². The number of non-ortho nitro benzene ring substituents is 1. The highest BCUT2D eigenvalue weighted by atomic mass is 32.2. The number of hydrogen-bond acceptors (Lipinski definition) is 10. The van der Waals surface area contributed by atoms with Gasteiger partial charge in [0.25, 0.3) is 16.8 Å². The molecule has 1 heterocycles. The summed E-state index contributed by atoms with van der Waals surface area (Å²) in [6.45, 7) is -0.393. The van der Waals surface area contributed by atoms with Crippen LogP contribution in [-0.4, -0.2) is 45.3 Å². The van der Waals surface area contributed by atoms with Crippen LogP contribution in [0.3, 0.4) is 0 Å². The van der Waals surface area contributed by atoms with Crippen molar-refractivity contribution in [3.8, 4) is 17.2 Å². The van der Waals surface area contributed by atoms with E-state index in [0.717, 1.165) is 23.1 Å². The molecule has 4 rings (SSSR count). The van der Waals surface area contributed by atoms with Crippen molar-refractivity contribution < 1.29 is 33.7 Å². The van der Waals surface area contributed by atoms with Crippen molar-refractivity contribution in [3.05, 3.63) is 103 Å². The molecule has 3 aromatic carbocycles. The molecule has 0 atom stereocenters. The molecule has 3 aromatic rings. The van der Waals surface area contributed by atoms with Crippen LogP contribution < -0.4 is 9.47 Å². The van der Waals surface area contributed by atoms with Gasteiger partial charge in [0, 0.05) is 11.6 Å². The summed E-state index contributed by atoms with van der Waals surface area (Å²) in [7, 11) is 1.33. The number of benzene rings is 3. The second kappa shape index (κ2) is 10.9. The summed E-state index contributed by atoms with van der Waals surface area (Å²) in [5.41, 5.74) is -0.244. The van der Waals surface area contributed by atoms with Gasteiger partial charge in [-0.05, 0) is 41.6 Å². The molecule has 0 saturated carbocycles. The minimum atomic E-state index is -0.804. The Hall–Kier alpha value is -5.04. The first kappa shape index (κ1) is 26.0. The van der Waals surface area contributed by atoms with E-state index in [1.807, 2.05) is 0 Å². The molecule has 1 saturated heterocycles. The molecule has 0 spiro atoms. The van der Waals surface area contributed by atoms with Crippen LogP contribution in [0.15, 0.2) is 71.6 Å². The van der Waals surface area contributed by atoms with Crippen molar-refractivity contribution in [2.24, 2.45) is 0 Å². The number of nitrogens with zero attached hydrogens (tertiary/aromatic N) is 3. The summed E-state index contributed by atoms with van der Waals surface area (Å²) < 4.78 is 10.9. The van der Waals surface area contributed by atoms with Crippen LogP contribution in [0.1, 0.15) is 15.9 Å². The minimum Gasteiger partial charge on any atom is -0.493 e. The van der Waals surface area contributed by atoms with Crippen molar-refractivity contribution in [1.29, 1.82) is 0 Å². The van der Waals surface area contributed by atoms with Crippen molar-refractivity contribution in [2.45, 2.75) is 0 Å². The Morgan fingerprint density at radius 2 is 1.66 bits per heavy atom. The average Bonchev–Trinajstić information content (AvgIpc) is 3.17. The van der Waals surface area contributed by atoms with Gasteiger partial charge in [-0.3, -0.25) is 39.5 Å². The summed E-state index contributed by atoms with van der Waals surface area (Å²) in [4.78, 5) is 59.5. The summed E-state index contributed by atoms with van der Waals surface area (Å²) in [5.74, 6) is -1.02. The Balaban J connectivity index is 1.55. The van der Waals surface area contributed by atoms with E-state index < -0.39 is 38.9 Å². The van der Waals surface area contributed by atoms with Crippen molar-refractivity contribution in [2.75, 3.05) is 13.7 Å². The maximum absolute atomic E-state index is 12.8. The molecule has 38 heavy (non-hydrogen) atoms. The Morgan fingerprint density at radius 1 is 0.947 bits per heavy atom. The average molecular weight is 535 g/mol. The zero-order valence-corrected chi connectivity index (χ0v) is 20.4. The number of thioether (sulfide) groups is 1. The number of hydrogen-bond donors (Lipinski definition) is 0. The fourth-order valence-electron chi connectivity index (χ4n) is 3.47. The Labute approximate surface area is 218 Å². The van der Waals surface area contributed by atoms with E-state index in [-0.39, 0.29) is 27.9 Å². The van der Waals surface area contributed by atoms with Crippen LogP contribution in [0.5, 0.6) is 17.2 Å². The first-order valence-electron chi connectivity index (χ1n) is 10.8. The largest absolute Gasteiger partial charge is 0.493 e. The van der Waals surface area contributed by atoms with E-state index in [2.05, 4.69) is 0 Å². The maximum atomic E-state index is 12.8. The number of nitro benzene ring substituents is 2. The molecule has 1 aliphatic heterocycles. The van der Waals surface area contributed by atoms with Crippen molar-refractivity contribution in [3.63, 3.8) is 0 Å². The number of rotatable bonds is 9. The van der Waals surface area contributed by atoms with E-state index >= 15 is 0 Å². The molecule has 2 amide bonds. The van der Waals surface area contributed by atoms with Gasteiger partial charge >= 0.3 is 5.69 Å². The van der Waals surface area contributed by atoms with Crippen molar-refractivity contribution >= 4 is 46.1 Å². The van der Waals surface area contributed by atoms with Gasteiger partial charge in [-0.25, -0.2) is 0 Å². The highest BCUT2D eigenvalue weighted by Gasteiger charge is 2.36. The monoisotopic (exact) mass is 535 g/mol. The first-order chi connectivity index (χ1) is 18.2. The molecule has 192 valence electrons. The predicted molar refractivity (Wildman–Crippen MR) is 136 cm³/mol. The van der Waals surface area contributed by atoms with Gasteiger partial charge in [0.15, 0.2) is 17.3 Å². The summed E-state index contributed by atoms with van der Waals surface area (Å²) >= 11 is 0.687. The molecule has 1 aliphatic rings. The third-order valence-corrected chi connectivity index (χ3v) is 6.23. The number of imide groups is 1. The first-order valence-corrected chi connectivity index (χ1v) is 11.6. The van der Waals surface area contributed by atoms with Gasteiger partial charge in [0.05, 0.1) is 34.5 Å². The van der Waals surface area contributed by atoms with Crippen LogP contribution >= 0.6 is 11.8 Å². The fraction of sp³-hybridized carbons (Fsp3) is 0.0800. The molecule has 12 nitrogen and oxygen atoms in total. The van der Waals surface area contributed by atoms with Crippen LogP contribution in [0.2, 0.25) is 0 Å². The fourth-order valence-corrected chi connectivity index (χ4v) is 4.31. The molecule has 0 unspecified atom stereocenters. The molecule has 0 N–H and O–H groups in total. The van der Waals surface area contributed by atoms with E-state index in [1.165, 1.54) is 31.4 Å². The number of ether oxygens (including phenoxy) is 2. The normalized spacial score (nSPS) is 14.0.